The average molecular weight is 311 g/mol. The van der Waals surface area contributed by atoms with E-state index in [1.54, 1.807) is 24.8 Å². The second-order valence-electron chi connectivity index (χ2n) is 4.68. The van der Waals surface area contributed by atoms with Crippen LogP contribution in [0.3, 0.4) is 0 Å². The molecule has 1 aromatic rings. The molecule has 2 heterocycles. The normalized spacial score (nSPS) is 14.4. The molecule has 21 heavy (non-hydrogen) atoms. The second-order valence-corrected chi connectivity index (χ2v) is 5.73. The van der Waals surface area contributed by atoms with Gasteiger partial charge >= 0.3 is 0 Å². The number of carbonyl (C=O) groups is 3. The van der Waals surface area contributed by atoms with Gasteiger partial charge < -0.3 is 9.32 Å². The minimum atomic E-state index is -0.425. The van der Waals surface area contributed by atoms with Gasteiger partial charge in [-0.3, -0.25) is 25.2 Å². The molecule has 114 valence electrons. The van der Waals surface area contributed by atoms with E-state index in [1.807, 2.05) is 0 Å². The first kappa shape index (κ1) is 15.4. The Labute approximate surface area is 126 Å². The molecule has 2 rings (SSSR count). The van der Waals surface area contributed by atoms with Crippen molar-refractivity contribution in [3.8, 4) is 0 Å². The Kier molecular flexibility index (Phi) is 4.89. The zero-order chi connectivity index (χ0) is 15.4. The molecule has 0 bridgehead atoms. The SMILES string of the molecule is Cc1cc(C(=O)NNC(=O)CCN2CCSC2=O)c(C)o1. The molecule has 2 N–H and O–H groups in total. The van der Waals surface area contributed by atoms with Crippen LogP contribution in [0.25, 0.3) is 0 Å². The minimum absolute atomic E-state index is 0.00340. The van der Waals surface area contributed by atoms with Crippen molar-refractivity contribution in [3.05, 3.63) is 23.2 Å². The van der Waals surface area contributed by atoms with E-state index >= 15 is 0 Å². The fourth-order valence-electron chi connectivity index (χ4n) is 1.98. The van der Waals surface area contributed by atoms with Crippen molar-refractivity contribution in [2.24, 2.45) is 0 Å². The Hall–Kier alpha value is -1.96. The Bertz CT molecular complexity index is 570. The number of nitrogens with one attached hydrogen (secondary N) is 2. The van der Waals surface area contributed by atoms with Crippen LogP contribution in [0.1, 0.15) is 28.3 Å². The Morgan fingerprint density at radius 1 is 1.38 bits per heavy atom. The molecule has 3 amide bonds. The van der Waals surface area contributed by atoms with Crippen LogP contribution in [0, 0.1) is 13.8 Å². The van der Waals surface area contributed by atoms with Crippen LogP contribution in [0.4, 0.5) is 4.79 Å². The summed E-state index contributed by atoms with van der Waals surface area (Å²) in [5.74, 6) is 1.13. The molecule has 0 spiro atoms. The molecule has 1 aromatic heterocycles. The first-order valence-corrected chi connectivity index (χ1v) is 7.54. The maximum Gasteiger partial charge on any atom is 0.281 e. The lowest BCUT2D eigenvalue weighted by molar-refractivity contribution is -0.122. The number of thioether (sulfide) groups is 1. The smallest absolute Gasteiger partial charge is 0.281 e. The highest BCUT2D eigenvalue weighted by atomic mass is 32.2. The van der Waals surface area contributed by atoms with Crippen molar-refractivity contribution >= 4 is 28.8 Å². The van der Waals surface area contributed by atoms with Crippen molar-refractivity contribution in [2.45, 2.75) is 20.3 Å². The highest BCUT2D eigenvalue weighted by molar-refractivity contribution is 8.13. The number of aryl methyl sites for hydroxylation is 2. The van der Waals surface area contributed by atoms with E-state index in [0.717, 1.165) is 5.75 Å². The lowest BCUT2D eigenvalue weighted by Gasteiger charge is -2.14. The van der Waals surface area contributed by atoms with Gasteiger partial charge in [-0.25, -0.2) is 0 Å². The summed E-state index contributed by atoms with van der Waals surface area (Å²) in [5, 5.41) is -0.00340. The van der Waals surface area contributed by atoms with Crippen LogP contribution in [0.5, 0.6) is 0 Å². The van der Waals surface area contributed by atoms with Crippen molar-refractivity contribution in [3.63, 3.8) is 0 Å². The highest BCUT2D eigenvalue weighted by Crippen LogP contribution is 2.17. The molecule has 7 nitrogen and oxygen atoms in total. The van der Waals surface area contributed by atoms with Gasteiger partial charge in [-0.2, -0.15) is 0 Å². The highest BCUT2D eigenvalue weighted by Gasteiger charge is 2.21. The first-order valence-electron chi connectivity index (χ1n) is 6.55. The maximum absolute atomic E-state index is 11.8. The quantitative estimate of drug-likeness (QED) is 0.816. The number of furan rings is 1. The monoisotopic (exact) mass is 311 g/mol. The summed E-state index contributed by atoms with van der Waals surface area (Å²) in [6, 6.07) is 1.61. The third kappa shape index (κ3) is 4.01. The van der Waals surface area contributed by atoms with E-state index in [9.17, 15) is 14.4 Å². The van der Waals surface area contributed by atoms with E-state index in [1.165, 1.54) is 11.8 Å². The molecule has 0 aliphatic carbocycles. The molecule has 1 saturated heterocycles. The van der Waals surface area contributed by atoms with Gasteiger partial charge in [0.05, 0.1) is 5.56 Å². The summed E-state index contributed by atoms with van der Waals surface area (Å²) < 4.78 is 5.25. The van der Waals surface area contributed by atoms with E-state index in [0.29, 0.717) is 30.2 Å². The van der Waals surface area contributed by atoms with E-state index < -0.39 is 5.91 Å². The van der Waals surface area contributed by atoms with Gasteiger partial charge in [0.15, 0.2) is 0 Å². The molecular formula is C13H17N3O4S. The number of hydrogen-bond acceptors (Lipinski definition) is 5. The molecular weight excluding hydrogens is 294 g/mol. The summed E-state index contributed by atoms with van der Waals surface area (Å²) in [7, 11) is 0. The number of carbonyl (C=O) groups excluding carboxylic acids is 3. The van der Waals surface area contributed by atoms with Gasteiger partial charge in [-0.05, 0) is 19.9 Å². The maximum atomic E-state index is 11.8. The average Bonchev–Trinajstić information content (AvgIpc) is 2.99. The zero-order valence-electron chi connectivity index (χ0n) is 11.9. The molecule has 0 unspecified atom stereocenters. The van der Waals surface area contributed by atoms with Gasteiger partial charge in [0.25, 0.3) is 11.1 Å². The summed E-state index contributed by atoms with van der Waals surface area (Å²) in [5.41, 5.74) is 5.05. The molecule has 0 aromatic carbocycles. The van der Waals surface area contributed by atoms with E-state index in [4.69, 9.17) is 4.42 Å². The number of hydrogen-bond donors (Lipinski definition) is 2. The fraction of sp³-hybridized carbons (Fsp3) is 0.462. The predicted molar refractivity (Wildman–Crippen MR) is 77.8 cm³/mol. The van der Waals surface area contributed by atoms with Gasteiger partial charge in [0, 0.05) is 25.3 Å². The molecule has 0 atom stereocenters. The molecule has 1 fully saturated rings. The number of amides is 3. The lowest BCUT2D eigenvalue weighted by Crippen LogP contribution is -2.43. The molecule has 1 aliphatic rings. The minimum Gasteiger partial charge on any atom is -0.466 e. The first-order chi connectivity index (χ1) is 9.97. The third-order valence-corrected chi connectivity index (χ3v) is 3.95. The van der Waals surface area contributed by atoms with Crippen molar-refractivity contribution in [1.82, 2.24) is 15.8 Å². The standard InChI is InChI=1S/C13H17N3O4S/c1-8-7-10(9(2)20-8)12(18)15-14-11(17)3-4-16-5-6-21-13(16)19/h7H,3-6H2,1-2H3,(H,14,17)(H,15,18). The van der Waals surface area contributed by atoms with Crippen LogP contribution in [0.15, 0.2) is 10.5 Å². The fourth-order valence-corrected chi connectivity index (χ4v) is 2.83. The molecule has 0 radical (unpaired) electrons. The molecule has 1 aliphatic heterocycles. The second kappa shape index (κ2) is 6.66. The van der Waals surface area contributed by atoms with Crippen LogP contribution < -0.4 is 10.9 Å². The number of hydrazine groups is 1. The van der Waals surface area contributed by atoms with Crippen molar-refractivity contribution in [2.75, 3.05) is 18.8 Å². The van der Waals surface area contributed by atoms with Gasteiger partial charge in [-0.1, -0.05) is 11.8 Å². The predicted octanol–water partition coefficient (Wildman–Crippen LogP) is 1.22. The molecule has 8 heteroatoms. The summed E-state index contributed by atoms with van der Waals surface area (Å²) in [6.45, 7) is 4.45. The lowest BCUT2D eigenvalue weighted by atomic mass is 10.2. The summed E-state index contributed by atoms with van der Waals surface area (Å²) >= 11 is 1.25. The topological polar surface area (TPSA) is 91.7 Å². The number of nitrogens with zero attached hydrogens (tertiary/aromatic N) is 1. The van der Waals surface area contributed by atoms with Crippen molar-refractivity contribution in [1.29, 1.82) is 0 Å². The van der Waals surface area contributed by atoms with E-state index in [2.05, 4.69) is 10.9 Å². The summed E-state index contributed by atoms with van der Waals surface area (Å²) in [6.07, 6.45) is 0.149. The van der Waals surface area contributed by atoms with Crippen LogP contribution in [0.2, 0.25) is 0 Å². The van der Waals surface area contributed by atoms with Crippen LogP contribution in [-0.2, 0) is 4.79 Å². The summed E-state index contributed by atoms with van der Waals surface area (Å²) in [4.78, 5) is 36.5. The Morgan fingerprint density at radius 2 is 2.14 bits per heavy atom. The van der Waals surface area contributed by atoms with Gasteiger partial charge in [0.1, 0.15) is 11.5 Å². The number of rotatable bonds is 4. The van der Waals surface area contributed by atoms with Crippen molar-refractivity contribution < 1.29 is 18.8 Å². The molecule has 0 saturated carbocycles. The van der Waals surface area contributed by atoms with Gasteiger partial charge in [-0.15, -0.1) is 0 Å². The van der Waals surface area contributed by atoms with E-state index in [-0.39, 0.29) is 17.6 Å². The van der Waals surface area contributed by atoms with Gasteiger partial charge in [0.2, 0.25) is 5.91 Å². The Morgan fingerprint density at radius 3 is 2.71 bits per heavy atom. The zero-order valence-corrected chi connectivity index (χ0v) is 12.7. The third-order valence-electron chi connectivity index (χ3n) is 3.05. The van der Waals surface area contributed by atoms with Crippen LogP contribution in [-0.4, -0.2) is 40.8 Å². The Balaban J connectivity index is 1.75. The largest absolute Gasteiger partial charge is 0.466 e. The van der Waals surface area contributed by atoms with Crippen LogP contribution >= 0.6 is 11.8 Å².